The molecular formula is C13H17O4P. The van der Waals surface area contributed by atoms with Crippen LogP contribution in [-0.2, 0) is 4.52 Å². The third-order valence-electron chi connectivity index (χ3n) is 2.31. The summed E-state index contributed by atoms with van der Waals surface area (Å²) in [7, 11) is 2.15. The Kier molecular flexibility index (Phi) is 5.32. The van der Waals surface area contributed by atoms with E-state index in [1.54, 1.807) is 12.1 Å². The Bertz CT molecular complexity index is 424. The number of ether oxygens (including phenoxy) is 1. The smallest absolute Gasteiger partial charge is 0.335 e. The van der Waals surface area contributed by atoms with Gasteiger partial charge >= 0.3 is 5.97 Å². The topological polar surface area (TPSA) is 55.8 Å². The summed E-state index contributed by atoms with van der Waals surface area (Å²) >= 11 is 0. The Morgan fingerprint density at radius 3 is 2.56 bits per heavy atom. The Balaban J connectivity index is 3.03. The minimum Gasteiger partial charge on any atom is -0.488 e. The Labute approximate surface area is 109 Å². The molecule has 0 aromatic heterocycles. The second-order valence-corrected chi connectivity index (χ2v) is 4.43. The van der Waals surface area contributed by atoms with E-state index in [0.29, 0.717) is 12.4 Å². The van der Waals surface area contributed by atoms with E-state index in [4.69, 9.17) is 14.4 Å². The highest BCUT2D eigenvalue weighted by Crippen LogP contribution is 2.23. The third-order valence-corrected chi connectivity index (χ3v) is 2.51. The summed E-state index contributed by atoms with van der Waals surface area (Å²) in [4.78, 5) is 11.0. The van der Waals surface area contributed by atoms with Gasteiger partial charge in [0.1, 0.15) is 11.9 Å². The molecule has 1 aromatic rings. The summed E-state index contributed by atoms with van der Waals surface area (Å²) in [5.74, 6) is -0.486. The van der Waals surface area contributed by atoms with E-state index in [0.717, 1.165) is 11.1 Å². The summed E-state index contributed by atoms with van der Waals surface area (Å²) in [6.45, 7) is 7.88. The number of carboxylic acid groups (broad SMARTS) is 1. The molecule has 1 aromatic carbocycles. The first kappa shape index (κ1) is 14.7. The summed E-state index contributed by atoms with van der Waals surface area (Å²) in [6, 6.07) is 4.84. The number of benzene rings is 1. The molecule has 5 heteroatoms. The molecule has 18 heavy (non-hydrogen) atoms. The van der Waals surface area contributed by atoms with Crippen LogP contribution in [0.3, 0.4) is 0 Å². The number of hydrogen-bond acceptors (Lipinski definition) is 3. The molecule has 0 aliphatic rings. The summed E-state index contributed by atoms with van der Waals surface area (Å²) in [5.41, 5.74) is 1.73. The van der Waals surface area contributed by atoms with Gasteiger partial charge in [-0.15, -0.1) is 0 Å². The average molecular weight is 268 g/mol. The lowest BCUT2D eigenvalue weighted by Crippen LogP contribution is -2.17. The van der Waals surface area contributed by atoms with Crippen molar-refractivity contribution >= 4 is 21.0 Å². The zero-order chi connectivity index (χ0) is 13.7. The molecule has 4 nitrogen and oxygen atoms in total. The number of allylic oxidation sites excluding steroid dienone is 1. The fourth-order valence-electron chi connectivity index (χ4n) is 1.44. The van der Waals surface area contributed by atoms with Gasteiger partial charge in [-0.3, -0.25) is 0 Å². The molecule has 0 heterocycles. The molecule has 0 spiro atoms. The summed E-state index contributed by atoms with van der Waals surface area (Å²) in [5, 5.41) is 9.04. The van der Waals surface area contributed by atoms with Crippen LogP contribution < -0.4 is 4.74 Å². The molecule has 2 atom stereocenters. The van der Waals surface area contributed by atoms with Gasteiger partial charge in [-0.2, -0.15) is 0 Å². The van der Waals surface area contributed by atoms with Crippen LogP contribution >= 0.6 is 9.47 Å². The van der Waals surface area contributed by atoms with Crippen molar-refractivity contribution in [1.29, 1.82) is 0 Å². The maximum atomic E-state index is 11.0. The lowest BCUT2D eigenvalue weighted by atomic mass is 10.1. The van der Waals surface area contributed by atoms with Crippen molar-refractivity contribution in [3.05, 3.63) is 35.9 Å². The van der Waals surface area contributed by atoms with Crippen LogP contribution in [-0.4, -0.2) is 23.8 Å². The maximum absolute atomic E-state index is 11.0. The monoisotopic (exact) mass is 268 g/mol. The average Bonchev–Trinajstić information content (AvgIpc) is 2.28. The maximum Gasteiger partial charge on any atom is 0.335 e. The van der Waals surface area contributed by atoms with E-state index >= 15 is 0 Å². The first-order valence-corrected chi connectivity index (χ1v) is 5.93. The number of carbonyl (C=O) groups is 1. The Hall–Kier alpha value is -1.38. The third kappa shape index (κ3) is 4.13. The van der Waals surface area contributed by atoms with Crippen molar-refractivity contribution in [1.82, 2.24) is 0 Å². The van der Waals surface area contributed by atoms with Crippen LogP contribution in [0.25, 0.3) is 5.57 Å². The molecule has 1 rings (SSSR count). The van der Waals surface area contributed by atoms with Gasteiger partial charge in [0.25, 0.3) is 0 Å². The quantitative estimate of drug-likeness (QED) is 0.806. The van der Waals surface area contributed by atoms with Crippen molar-refractivity contribution < 1.29 is 19.2 Å². The highest BCUT2D eigenvalue weighted by atomic mass is 31.0. The standard InChI is InChI=1S/C13H17O4P/c1-8(2)10-4-11(13(14)15)6-12(5-10)17-9(3)7-16-18/h4-6,9H,1,7,18H2,2-3H3,(H,14,15)/t9-/m0/s1. The van der Waals surface area contributed by atoms with E-state index in [-0.39, 0.29) is 11.7 Å². The highest BCUT2D eigenvalue weighted by molar-refractivity contribution is 7.09. The Morgan fingerprint density at radius 1 is 1.44 bits per heavy atom. The zero-order valence-electron chi connectivity index (χ0n) is 10.5. The van der Waals surface area contributed by atoms with Crippen molar-refractivity contribution in [2.75, 3.05) is 6.61 Å². The van der Waals surface area contributed by atoms with Crippen molar-refractivity contribution in [3.8, 4) is 5.75 Å². The first-order chi connectivity index (χ1) is 8.43. The molecule has 1 unspecified atom stereocenters. The molecule has 0 bridgehead atoms. The van der Waals surface area contributed by atoms with Gasteiger partial charge < -0.3 is 14.4 Å². The predicted octanol–water partition coefficient (Wildman–Crippen LogP) is 2.99. The van der Waals surface area contributed by atoms with Crippen LogP contribution in [0.1, 0.15) is 29.8 Å². The summed E-state index contributed by atoms with van der Waals surface area (Å²) < 4.78 is 10.5. The summed E-state index contributed by atoms with van der Waals surface area (Å²) in [6.07, 6.45) is -0.162. The number of aromatic carboxylic acids is 1. The number of hydrogen-bond donors (Lipinski definition) is 1. The van der Waals surface area contributed by atoms with Crippen molar-refractivity contribution in [2.24, 2.45) is 0 Å². The van der Waals surface area contributed by atoms with Crippen LogP contribution in [0.5, 0.6) is 5.75 Å². The SMILES string of the molecule is C=C(C)c1cc(O[C@@H](C)COP)cc(C(=O)O)c1. The van der Waals surface area contributed by atoms with E-state index in [2.05, 4.69) is 16.0 Å². The molecular weight excluding hydrogens is 251 g/mol. The lowest BCUT2D eigenvalue weighted by molar-refractivity contribution is 0.0695. The predicted molar refractivity (Wildman–Crippen MR) is 73.9 cm³/mol. The van der Waals surface area contributed by atoms with Crippen LogP contribution in [0, 0.1) is 0 Å². The van der Waals surface area contributed by atoms with E-state index in [9.17, 15) is 4.79 Å². The van der Waals surface area contributed by atoms with E-state index in [1.807, 2.05) is 13.8 Å². The van der Waals surface area contributed by atoms with Crippen LogP contribution in [0.15, 0.2) is 24.8 Å². The largest absolute Gasteiger partial charge is 0.488 e. The van der Waals surface area contributed by atoms with Crippen molar-refractivity contribution in [3.63, 3.8) is 0 Å². The Morgan fingerprint density at radius 2 is 2.06 bits per heavy atom. The minimum absolute atomic E-state index is 0.162. The molecule has 0 amide bonds. The second kappa shape index (κ2) is 6.53. The molecule has 0 saturated heterocycles. The number of rotatable bonds is 6. The van der Waals surface area contributed by atoms with Gasteiger partial charge in [0.2, 0.25) is 0 Å². The second-order valence-electron chi connectivity index (χ2n) is 4.09. The highest BCUT2D eigenvalue weighted by Gasteiger charge is 2.10. The molecule has 0 fully saturated rings. The molecule has 1 N–H and O–H groups in total. The van der Waals surface area contributed by atoms with Gasteiger partial charge in [0, 0.05) is 9.47 Å². The zero-order valence-corrected chi connectivity index (χ0v) is 11.6. The fourth-order valence-corrected chi connectivity index (χ4v) is 1.71. The van der Waals surface area contributed by atoms with Crippen molar-refractivity contribution in [2.45, 2.75) is 20.0 Å². The van der Waals surface area contributed by atoms with E-state index in [1.165, 1.54) is 6.07 Å². The van der Waals surface area contributed by atoms with E-state index < -0.39 is 5.97 Å². The number of carboxylic acids is 1. The molecule has 0 radical (unpaired) electrons. The normalized spacial score (nSPS) is 11.9. The lowest BCUT2D eigenvalue weighted by Gasteiger charge is -2.15. The van der Waals surface area contributed by atoms with Gasteiger partial charge in [-0.25, -0.2) is 4.79 Å². The fraction of sp³-hybridized carbons (Fsp3) is 0.308. The molecule has 0 aliphatic heterocycles. The molecule has 98 valence electrons. The minimum atomic E-state index is -0.988. The van der Waals surface area contributed by atoms with Gasteiger partial charge in [-0.05, 0) is 37.6 Å². The van der Waals surface area contributed by atoms with Crippen LogP contribution in [0.2, 0.25) is 0 Å². The van der Waals surface area contributed by atoms with Gasteiger partial charge in [-0.1, -0.05) is 12.2 Å². The van der Waals surface area contributed by atoms with Gasteiger partial charge in [0.05, 0.1) is 12.2 Å². The molecule has 0 aliphatic carbocycles. The molecule has 0 saturated carbocycles. The van der Waals surface area contributed by atoms with Gasteiger partial charge in [0.15, 0.2) is 0 Å². The first-order valence-electron chi connectivity index (χ1n) is 5.46. The van der Waals surface area contributed by atoms with Crippen LogP contribution in [0.4, 0.5) is 0 Å².